The molecular weight excluding hydrogens is 346 g/mol. The first-order chi connectivity index (χ1) is 10.7. The second-order valence-corrected chi connectivity index (χ2v) is 5.67. The fourth-order valence-corrected chi connectivity index (χ4v) is 3.02. The number of benzene rings is 2. The monoisotopic (exact) mass is 353 g/mol. The fraction of sp³-hybridized carbons (Fsp3) is 0. The number of rotatable bonds is 1. The number of hydrogen-bond donors (Lipinski definition) is 0. The summed E-state index contributed by atoms with van der Waals surface area (Å²) < 4.78 is 0.760. The Labute approximate surface area is 133 Å². The number of anilines is 1. The van der Waals surface area contributed by atoms with Crippen LogP contribution in [-0.2, 0) is 0 Å². The third-order valence-corrected chi connectivity index (χ3v) is 4.23. The van der Waals surface area contributed by atoms with Crippen molar-refractivity contribution >= 4 is 44.5 Å². The van der Waals surface area contributed by atoms with Crippen molar-refractivity contribution in [2.75, 3.05) is 4.90 Å². The molecule has 5 nitrogen and oxygen atoms in total. The lowest BCUT2D eigenvalue weighted by Gasteiger charge is -2.15. The molecule has 0 bridgehead atoms. The predicted molar refractivity (Wildman–Crippen MR) is 84.8 cm³/mol. The van der Waals surface area contributed by atoms with Gasteiger partial charge in [-0.2, -0.15) is 0 Å². The molecule has 106 valence electrons. The van der Waals surface area contributed by atoms with Gasteiger partial charge in [-0.3, -0.25) is 19.6 Å². The van der Waals surface area contributed by atoms with Crippen LogP contribution in [0.3, 0.4) is 0 Å². The summed E-state index contributed by atoms with van der Waals surface area (Å²) >= 11 is 3.41. The van der Waals surface area contributed by atoms with Gasteiger partial charge >= 0.3 is 0 Å². The zero-order chi connectivity index (χ0) is 15.3. The average molecular weight is 354 g/mol. The minimum Gasteiger partial charge on any atom is -0.268 e. The van der Waals surface area contributed by atoms with Crippen LogP contribution in [-0.4, -0.2) is 21.8 Å². The van der Waals surface area contributed by atoms with E-state index in [1.54, 1.807) is 42.6 Å². The van der Waals surface area contributed by atoms with Crippen molar-refractivity contribution in [1.29, 1.82) is 0 Å². The quantitative estimate of drug-likeness (QED) is 0.630. The molecule has 0 fully saturated rings. The maximum atomic E-state index is 12.6. The topological polar surface area (TPSA) is 63.2 Å². The molecule has 0 aliphatic carbocycles. The lowest BCUT2D eigenvalue weighted by Crippen LogP contribution is -2.29. The van der Waals surface area contributed by atoms with Gasteiger partial charge in [0.05, 0.1) is 16.8 Å². The molecule has 0 spiro atoms. The van der Waals surface area contributed by atoms with Gasteiger partial charge in [0.15, 0.2) is 0 Å². The van der Waals surface area contributed by atoms with Crippen LogP contribution in [0.4, 0.5) is 5.69 Å². The smallest absolute Gasteiger partial charge is 0.266 e. The molecule has 3 aromatic rings. The van der Waals surface area contributed by atoms with Gasteiger partial charge in [0, 0.05) is 16.9 Å². The van der Waals surface area contributed by atoms with Crippen LogP contribution >= 0.6 is 15.9 Å². The molecule has 0 atom stereocenters. The van der Waals surface area contributed by atoms with Crippen molar-refractivity contribution in [2.24, 2.45) is 0 Å². The SMILES string of the molecule is O=C1c2ccccc2C(=O)N1c1ccc(Br)c2nccnc12. The van der Waals surface area contributed by atoms with Crippen molar-refractivity contribution < 1.29 is 9.59 Å². The normalized spacial score (nSPS) is 13.8. The number of hydrogen-bond acceptors (Lipinski definition) is 4. The van der Waals surface area contributed by atoms with Gasteiger partial charge < -0.3 is 0 Å². The van der Waals surface area contributed by atoms with Crippen molar-refractivity contribution in [3.8, 4) is 0 Å². The number of imide groups is 1. The Balaban J connectivity index is 1.97. The number of carbonyl (C=O) groups excluding carboxylic acids is 2. The maximum Gasteiger partial charge on any atom is 0.266 e. The highest BCUT2D eigenvalue weighted by atomic mass is 79.9. The van der Waals surface area contributed by atoms with Crippen LogP contribution in [0, 0.1) is 0 Å². The highest BCUT2D eigenvalue weighted by Crippen LogP contribution is 2.34. The molecule has 1 aliphatic heterocycles. The van der Waals surface area contributed by atoms with E-state index in [-0.39, 0.29) is 11.8 Å². The summed E-state index contributed by atoms with van der Waals surface area (Å²) in [4.78, 5) is 34.9. The van der Waals surface area contributed by atoms with Gasteiger partial charge in [0.25, 0.3) is 11.8 Å². The van der Waals surface area contributed by atoms with E-state index in [0.717, 1.165) is 9.37 Å². The summed E-state index contributed by atoms with van der Waals surface area (Å²) in [5.41, 5.74) is 2.38. The number of halogens is 1. The van der Waals surface area contributed by atoms with Gasteiger partial charge in [-0.25, -0.2) is 4.90 Å². The largest absolute Gasteiger partial charge is 0.268 e. The van der Waals surface area contributed by atoms with Crippen molar-refractivity contribution in [1.82, 2.24) is 9.97 Å². The zero-order valence-corrected chi connectivity index (χ0v) is 12.7. The van der Waals surface area contributed by atoms with E-state index in [4.69, 9.17) is 0 Å². The average Bonchev–Trinajstić information content (AvgIpc) is 2.81. The zero-order valence-electron chi connectivity index (χ0n) is 11.2. The molecule has 22 heavy (non-hydrogen) atoms. The van der Waals surface area contributed by atoms with Crippen LogP contribution in [0.15, 0.2) is 53.3 Å². The third kappa shape index (κ3) is 1.70. The van der Waals surface area contributed by atoms with Crippen molar-refractivity contribution in [3.05, 3.63) is 64.4 Å². The molecule has 2 heterocycles. The molecule has 0 unspecified atom stereocenters. The van der Waals surface area contributed by atoms with Crippen molar-refractivity contribution in [3.63, 3.8) is 0 Å². The molecule has 6 heteroatoms. The van der Waals surface area contributed by atoms with Crippen LogP contribution in [0.2, 0.25) is 0 Å². The molecule has 1 aliphatic rings. The second-order valence-electron chi connectivity index (χ2n) is 4.81. The van der Waals surface area contributed by atoms with Gasteiger partial charge in [0.1, 0.15) is 11.0 Å². The first kappa shape index (κ1) is 13.1. The van der Waals surface area contributed by atoms with Crippen LogP contribution in [0.25, 0.3) is 11.0 Å². The van der Waals surface area contributed by atoms with E-state index in [2.05, 4.69) is 25.9 Å². The van der Waals surface area contributed by atoms with Crippen molar-refractivity contribution in [2.45, 2.75) is 0 Å². The fourth-order valence-electron chi connectivity index (χ4n) is 2.60. The number of amides is 2. The molecule has 1 aromatic heterocycles. The molecule has 4 rings (SSSR count). The predicted octanol–water partition coefficient (Wildman–Crippen LogP) is 3.19. The van der Waals surface area contributed by atoms with Gasteiger partial charge in [-0.1, -0.05) is 12.1 Å². The Morgan fingerprint density at radius 1 is 0.818 bits per heavy atom. The standard InChI is InChI=1S/C16H8BrN3O2/c17-11-5-6-12(14-13(11)18-7-8-19-14)20-15(21)9-3-1-2-4-10(9)16(20)22/h1-8H. The highest BCUT2D eigenvalue weighted by Gasteiger charge is 2.37. The second kappa shape index (κ2) is 4.71. The highest BCUT2D eigenvalue weighted by molar-refractivity contribution is 9.10. The molecule has 0 radical (unpaired) electrons. The first-order valence-corrected chi connectivity index (χ1v) is 7.35. The van der Waals surface area contributed by atoms with Gasteiger partial charge in [-0.15, -0.1) is 0 Å². The van der Waals surface area contributed by atoms with E-state index >= 15 is 0 Å². The molecule has 0 N–H and O–H groups in total. The van der Waals surface area contributed by atoms with Crippen LogP contribution in [0.1, 0.15) is 20.7 Å². The minimum absolute atomic E-state index is 0.338. The van der Waals surface area contributed by atoms with E-state index in [1.807, 2.05) is 0 Å². The molecule has 2 amide bonds. The van der Waals surface area contributed by atoms with Crippen LogP contribution < -0.4 is 4.90 Å². The Morgan fingerprint density at radius 3 is 2.05 bits per heavy atom. The van der Waals surface area contributed by atoms with Crippen LogP contribution in [0.5, 0.6) is 0 Å². The summed E-state index contributed by atoms with van der Waals surface area (Å²) in [7, 11) is 0. The Morgan fingerprint density at radius 2 is 1.41 bits per heavy atom. The Bertz CT molecular complexity index is 920. The number of nitrogens with zero attached hydrogens (tertiary/aromatic N) is 3. The molecule has 0 saturated heterocycles. The number of carbonyl (C=O) groups is 2. The summed E-state index contributed by atoms with van der Waals surface area (Å²) in [5.74, 6) is -0.676. The summed E-state index contributed by atoms with van der Waals surface area (Å²) in [6.45, 7) is 0. The summed E-state index contributed by atoms with van der Waals surface area (Å²) in [5, 5.41) is 0. The molecule has 0 saturated carbocycles. The molecule has 2 aromatic carbocycles. The number of fused-ring (bicyclic) bond motifs is 2. The summed E-state index contributed by atoms with van der Waals surface area (Å²) in [6.07, 6.45) is 3.11. The van der Waals surface area contributed by atoms with E-state index in [1.165, 1.54) is 6.20 Å². The Kier molecular flexibility index (Phi) is 2.80. The third-order valence-electron chi connectivity index (χ3n) is 3.59. The maximum absolute atomic E-state index is 12.6. The summed E-state index contributed by atoms with van der Waals surface area (Å²) in [6, 6.07) is 10.3. The van der Waals surface area contributed by atoms with E-state index in [9.17, 15) is 9.59 Å². The van der Waals surface area contributed by atoms with E-state index < -0.39 is 0 Å². The molecular formula is C16H8BrN3O2. The van der Waals surface area contributed by atoms with E-state index in [0.29, 0.717) is 27.8 Å². The van der Waals surface area contributed by atoms with Gasteiger partial charge in [0.2, 0.25) is 0 Å². The Hall–Kier alpha value is -2.60. The number of aromatic nitrogens is 2. The van der Waals surface area contributed by atoms with Gasteiger partial charge in [-0.05, 0) is 40.2 Å². The lowest BCUT2D eigenvalue weighted by molar-refractivity contribution is 0.0926. The lowest BCUT2D eigenvalue weighted by atomic mass is 10.1. The first-order valence-electron chi connectivity index (χ1n) is 6.55. The minimum atomic E-state index is -0.338.